The highest BCUT2D eigenvalue weighted by molar-refractivity contribution is 6.22. The fourth-order valence-electron chi connectivity index (χ4n) is 3.02. The molecule has 104 valence electrons. The van der Waals surface area contributed by atoms with E-state index in [1.807, 2.05) is 0 Å². The molecule has 3 rings (SSSR count). The number of fused-ring (bicyclic) bond motifs is 1. The van der Waals surface area contributed by atoms with Gasteiger partial charge in [-0.2, -0.15) is 0 Å². The quantitative estimate of drug-likeness (QED) is 0.803. The van der Waals surface area contributed by atoms with Crippen molar-refractivity contribution in [1.29, 1.82) is 0 Å². The van der Waals surface area contributed by atoms with Gasteiger partial charge in [-0.05, 0) is 12.8 Å². The molecule has 1 aromatic rings. The number of hydrogen-bond acceptors (Lipinski definition) is 5. The maximum atomic E-state index is 12.4. The average molecular weight is 275 g/mol. The van der Waals surface area contributed by atoms with Gasteiger partial charge in [-0.3, -0.25) is 9.59 Å². The molecule has 1 aliphatic heterocycles. The second-order valence-corrected chi connectivity index (χ2v) is 5.04. The summed E-state index contributed by atoms with van der Waals surface area (Å²) in [5.74, 6) is -2.82. The molecule has 1 N–H and O–H groups in total. The van der Waals surface area contributed by atoms with Crippen LogP contribution in [0.15, 0.2) is 12.4 Å². The van der Waals surface area contributed by atoms with Crippen LogP contribution in [-0.2, 0) is 9.59 Å². The van der Waals surface area contributed by atoms with Crippen LogP contribution in [0.5, 0.6) is 0 Å². The van der Waals surface area contributed by atoms with E-state index in [1.54, 1.807) is 0 Å². The van der Waals surface area contributed by atoms with E-state index in [0.717, 1.165) is 17.7 Å². The Kier molecular flexibility index (Phi) is 2.96. The van der Waals surface area contributed by atoms with Crippen LogP contribution in [0.3, 0.4) is 0 Å². The van der Waals surface area contributed by atoms with Gasteiger partial charge in [0.1, 0.15) is 0 Å². The van der Waals surface area contributed by atoms with Crippen LogP contribution in [0.4, 0.5) is 5.82 Å². The van der Waals surface area contributed by atoms with Gasteiger partial charge >= 0.3 is 5.97 Å². The van der Waals surface area contributed by atoms with Gasteiger partial charge in [0.25, 0.3) is 0 Å². The summed E-state index contributed by atoms with van der Waals surface area (Å²) < 4.78 is 0. The fourth-order valence-corrected chi connectivity index (χ4v) is 3.02. The molecule has 2 atom stereocenters. The molecule has 7 nitrogen and oxygen atoms in total. The highest BCUT2D eigenvalue weighted by Gasteiger charge is 2.50. The minimum Gasteiger partial charge on any atom is -0.476 e. The fraction of sp³-hybridized carbons (Fsp3) is 0.462. The van der Waals surface area contributed by atoms with Crippen molar-refractivity contribution in [3.63, 3.8) is 0 Å². The zero-order valence-corrected chi connectivity index (χ0v) is 10.7. The number of imide groups is 1. The van der Waals surface area contributed by atoms with Gasteiger partial charge in [0.2, 0.25) is 11.8 Å². The third-order valence-corrected chi connectivity index (χ3v) is 3.93. The molecule has 1 aromatic heterocycles. The molecule has 1 saturated carbocycles. The van der Waals surface area contributed by atoms with E-state index in [0.29, 0.717) is 12.8 Å². The van der Waals surface area contributed by atoms with Gasteiger partial charge in [-0.25, -0.2) is 19.7 Å². The summed E-state index contributed by atoms with van der Waals surface area (Å²) >= 11 is 0. The third-order valence-electron chi connectivity index (χ3n) is 3.93. The maximum absolute atomic E-state index is 12.4. The van der Waals surface area contributed by atoms with Crippen LogP contribution in [-0.4, -0.2) is 32.9 Å². The Hall–Kier alpha value is -2.31. The van der Waals surface area contributed by atoms with E-state index in [2.05, 4.69) is 9.97 Å². The Morgan fingerprint density at radius 1 is 1.10 bits per heavy atom. The third kappa shape index (κ3) is 1.77. The van der Waals surface area contributed by atoms with Crippen molar-refractivity contribution in [3.05, 3.63) is 18.1 Å². The van der Waals surface area contributed by atoms with E-state index >= 15 is 0 Å². The zero-order valence-electron chi connectivity index (χ0n) is 10.7. The molecule has 1 saturated heterocycles. The number of carboxylic acid groups (broad SMARTS) is 1. The Morgan fingerprint density at radius 2 is 1.65 bits per heavy atom. The van der Waals surface area contributed by atoms with Crippen molar-refractivity contribution in [2.45, 2.75) is 25.7 Å². The summed E-state index contributed by atoms with van der Waals surface area (Å²) in [7, 11) is 0. The first-order valence-corrected chi connectivity index (χ1v) is 6.53. The molecule has 20 heavy (non-hydrogen) atoms. The number of carbonyl (C=O) groups is 3. The molecule has 0 aromatic carbocycles. The lowest BCUT2D eigenvalue weighted by molar-refractivity contribution is -0.122. The highest BCUT2D eigenvalue weighted by Crippen LogP contribution is 2.39. The summed E-state index contributed by atoms with van der Waals surface area (Å²) in [6, 6.07) is 0. The van der Waals surface area contributed by atoms with Crippen LogP contribution >= 0.6 is 0 Å². The molecule has 0 radical (unpaired) electrons. The van der Waals surface area contributed by atoms with E-state index < -0.39 is 5.97 Å². The molecule has 0 bridgehead atoms. The van der Waals surface area contributed by atoms with Crippen LogP contribution in [0.25, 0.3) is 0 Å². The van der Waals surface area contributed by atoms with Crippen molar-refractivity contribution in [3.8, 4) is 0 Å². The van der Waals surface area contributed by atoms with Crippen molar-refractivity contribution < 1.29 is 19.5 Å². The van der Waals surface area contributed by atoms with E-state index in [-0.39, 0.29) is 35.2 Å². The van der Waals surface area contributed by atoms with Crippen LogP contribution in [0.2, 0.25) is 0 Å². The molecule has 2 heterocycles. The molecular formula is C13H13N3O4. The Morgan fingerprint density at radius 3 is 2.20 bits per heavy atom. The minimum absolute atomic E-state index is 0.163. The number of carbonyl (C=O) groups excluding carboxylic acids is 2. The number of aromatic carboxylic acids is 1. The normalized spacial score (nSPS) is 25.7. The maximum Gasteiger partial charge on any atom is 0.358 e. The standard InChI is InChI=1S/C13H13N3O4/c17-11-7-3-1-2-4-8(7)12(18)16(11)10-9(13(19)20)14-5-6-15-10/h5-8H,1-4H2,(H,19,20). The highest BCUT2D eigenvalue weighted by atomic mass is 16.4. The van der Waals surface area contributed by atoms with Crippen LogP contribution in [0, 0.1) is 11.8 Å². The molecule has 2 aliphatic rings. The van der Waals surface area contributed by atoms with Gasteiger partial charge in [-0.15, -0.1) is 0 Å². The number of aromatic nitrogens is 2. The lowest BCUT2D eigenvalue weighted by Crippen LogP contribution is -2.33. The summed E-state index contributed by atoms with van der Waals surface area (Å²) in [5, 5.41) is 9.11. The Bertz CT molecular complexity index is 577. The molecule has 2 unspecified atom stereocenters. The minimum atomic E-state index is -1.30. The summed E-state index contributed by atoms with van der Waals surface area (Å²) in [5.41, 5.74) is -0.368. The largest absolute Gasteiger partial charge is 0.476 e. The number of carboxylic acids is 1. The van der Waals surface area contributed by atoms with Gasteiger partial charge in [-0.1, -0.05) is 12.8 Å². The predicted molar refractivity (Wildman–Crippen MR) is 66.9 cm³/mol. The number of amides is 2. The lowest BCUT2D eigenvalue weighted by Gasteiger charge is -2.19. The molecule has 2 fully saturated rings. The number of rotatable bonds is 2. The van der Waals surface area contributed by atoms with Crippen molar-refractivity contribution in [2.75, 3.05) is 4.90 Å². The summed E-state index contributed by atoms with van der Waals surface area (Å²) in [4.78, 5) is 44.4. The lowest BCUT2D eigenvalue weighted by atomic mass is 9.81. The summed E-state index contributed by atoms with van der Waals surface area (Å²) in [6.07, 6.45) is 5.69. The monoisotopic (exact) mass is 275 g/mol. The zero-order chi connectivity index (χ0) is 14.3. The topological polar surface area (TPSA) is 100 Å². The average Bonchev–Trinajstić information content (AvgIpc) is 2.71. The van der Waals surface area contributed by atoms with Gasteiger partial charge < -0.3 is 5.11 Å². The van der Waals surface area contributed by atoms with E-state index in [1.165, 1.54) is 12.4 Å². The van der Waals surface area contributed by atoms with Gasteiger partial charge in [0, 0.05) is 12.4 Å². The smallest absolute Gasteiger partial charge is 0.358 e. The van der Waals surface area contributed by atoms with Crippen molar-refractivity contribution >= 4 is 23.6 Å². The van der Waals surface area contributed by atoms with Gasteiger partial charge in [0.05, 0.1) is 11.8 Å². The summed E-state index contributed by atoms with van der Waals surface area (Å²) in [6.45, 7) is 0. The molecule has 7 heteroatoms. The van der Waals surface area contributed by atoms with Crippen molar-refractivity contribution in [2.24, 2.45) is 11.8 Å². The van der Waals surface area contributed by atoms with Crippen LogP contribution in [0.1, 0.15) is 36.2 Å². The van der Waals surface area contributed by atoms with Crippen molar-refractivity contribution in [1.82, 2.24) is 9.97 Å². The first kappa shape index (κ1) is 12.7. The van der Waals surface area contributed by atoms with Crippen LogP contribution < -0.4 is 4.90 Å². The molecule has 1 aliphatic carbocycles. The SMILES string of the molecule is O=C(O)c1nccnc1N1C(=O)C2CCCCC2C1=O. The van der Waals surface area contributed by atoms with E-state index in [4.69, 9.17) is 5.11 Å². The second kappa shape index (κ2) is 4.66. The molecular weight excluding hydrogens is 262 g/mol. The second-order valence-electron chi connectivity index (χ2n) is 5.04. The van der Waals surface area contributed by atoms with Gasteiger partial charge in [0.15, 0.2) is 11.5 Å². The predicted octanol–water partition coefficient (Wildman–Crippen LogP) is 0.854. The number of anilines is 1. The Labute approximate surface area is 114 Å². The number of nitrogens with zero attached hydrogens (tertiary/aromatic N) is 3. The first-order valence-electron chi connectivity index (χ1n) is 6.53. The molecule has 2 amide bonds. The first-order chi connectivity index (χ1) is 9.61. The Balaban J connectivity index is 2.04. The molecule has 0 spiro atoms. The number of hydrogen-bond donors (Lipinski definition) is 1. The van der Waals surface area contributed by atoms with E-state index in [9.17, 15) is 14.4 Å².